The minimum atomic E-state index is -4.54. The molecule has 0 spiro atoms. The molecule has 0 amide bonds. The smallest absolute Gasteiger partial charge is 0.457 e. The molecule has 0 fully saturated rings. The zero-order chi connectivity index (χ0) is 39.6. The maximum Gasteiger partial charge on any atom is 0.472 e. The van der Waals surface area contributed by atoms with Crippen LogP contribution < -0.4 is 0 Å². The van der Waals surface area contributed by atoms with Crippen molar-refractivity contribution in [1.82, 2.24) is 0 Å². The topological polar surface area (TPSA) is 132 Å². The van der Waals surface area contributed by atoms with Crippen LogP contribution in [0.2, 0.25) is 0 Å². The Morgan fingerprint density at radius 1 is 0.574 bits per heavy atom. The molecule has 0 saturated carbocycles. The summed E-state index contributed by atoms with van der Waals surface area (Å²) < 4.78 is 33.2. The Labute approximate surface area is 327 Å². The van der Waals surface area contributed by atoms with E-state index < -0.39 is 45.8 Å². The van der Waals surface area contributed by atoms with E-state index in [0.29, 0.717) is 13.0 Å². The summed E-state index contributed by atoms with van der Waals surface area (Å²) in [6.07, 6.45) is 49.4. The molecule has 0 aliphatic carbocycles. The Hall–Kier alpha value is -2.62. The van der Waals surface area contributed by atoms with Gasteiger partial charge in [-0.15, -0.1) is 0 Å². The van der Waals surface area contributed by atoms with E-state index in [0.717, 1.165) is 103 Å². The van der Waals surface area contributed by atoms with Crippen LogP contribution in [0.3, 0.4) is 0 Å². The first kappa shape index (κ1) is 51.4. The number of esters is 1. The molecule has 0 aromatic carbocycles. The van der Waals surface area contributed by atoms with Crippen molar-refractivity contribution in [3.05, 3.63) is 97.2 Å². The molecule has 0 radical (unpaired) electrons. The monoisotopic (exact) mass is 776 g/mol. The van der Waals surface area contributed by atoms with Crippen molar-refractivity contribution in [1.29, 1.82) is 0 Å². The molecule has 0 saturated heterocycles. The molecule has 308 valence electrons. The molecule has 3 unspecified atom stereocenters. The Morgan fingerprint density at radius 3 is 1.48 bits per heavy atom. The lowest BCUT2D eigenvalue weighted by Crippen LogP contribution is -2.29. The number of hydrogen-bond donors (Lipinski definition) is 3. The number of carbonyl (C=O) groups is 1. The van der Waals surface area contributed by atoms with Crippen LogP contribution in [-0.2, 0) is 27.9 Å². The molecule has 0 bridgehead atoms. The van der Waals surface area contributed by atoms with Crippen molar-refractivity contribution < 1.29 is 43.0 Å². The number of phosphoric acid groups is 1. The average molecular weight is 777 g/mol. The Morgan fingerprint density at radius 2 is 1.00 bits per heavy atom. The second-order valence-corrected chi connectivity index (χ2v) is 14.3. The molecule has 3 atom stereocenters. The van der Waals surface area contributed by atoms with Crippen LogP contribution in [0.4, 0.5) is 0 Å². The van der Waals surface area contributed by atoms with Crippen molar-refractivity contribution >= 4 is 13.8 Å². The molecule has 0 rings (SSSR count). The summed E-state index contributed by atoms with van der Waals surface area (Å²) in [4.78, 5) is 22.5. The van der Waals surface area contributed by atoms with Gasteiger partial charge in [0.15, 0.2) is 0 Å². The van der Waals surface area contributed by atoms with E-state index in [4.69, 9.17) is 23.6 Å². The first-order valence-corrected chi connectivity index (χ1v) is 21.7. The Balaban J connectivity index is 4.35. The molecule has 0 aliphatic heterocycles. The highest BCUT2D eigenvalue weighted by Crippen LogP contribution is 2.43. The molecular formula is C44H73O9P. The number of allylic oxidation sites excluding steroid dienone is 16. The third-order valence-corrected chi connectivity index (χ3v) is 8.72. The first-order chi connectivity index (χ1) is 26.3. The summed E-state index contributed by atoms with van der Waals surface area (Å²) in [5, 5.41) is 18.3. The lowest BCUT2D eigenvalue weighted by Gasteiger charge is -2.20. The van der Waals surface area contributed by atoms with Gasteiger partial charge in [-0.05, 0) is 89.9 Å². The number of unbranched alkanes of at least 4 members (excludes halogenated alkanes) is 7. The second kappa shape index (κ2) is 40.1. The maximum absolute atomic E-state index is 12.6. The summed E-state index contributed by atoms with van der Waals surface area (Å²) in [6, 6.07) is 0. The third kappa shape index (κ3) is 39.1. The van der Waals surface area contributed by atoms with Crippen LogP contribution in [0.15, 0.2) is 97.2 Å². The molecule has 10 heteroatoms. The lowest BCUT2D eigenvalue weighted by atomic mass is 10.1. The second-order valence-electron chi connectivity index (χ2n) is 12.9. The zero-order valence-electron chi connectivity index (χ0n) is 33.4. The van der Waals surface area contributed by atoms with E-state index in [9.17, 15) is 19.4 Å². The number of rotatable bonds is 37. The van der Waals surface area contributed by atoms with Gasteiger partial charge in [0.05, 0.1) is 26.4 Å². The number of aliphatic hydroxyl groups is 2. The molecule has 0 aliphatic rings. The molecule has 0 heterocycles. The van der Waals surface area contributed by atoms with Crippen LogP contribution >= 0.6 is 7.82 Å². The quantitative estimate of drug-likeness (QED) is 0.0244. The normalized spacial score (nSPS) is 15.1. The fourth-order valence-electron chi connectivity index (χ4n) is 4.75. The van der Waals surface area contributed by atoms with E-state index in [2.05, 4.69) is 111 Å². The summed E-state index contributed by atoms with van der Waals surface area (Å²) in [6.45, 7) is 3.13. The fourth-order valence-corrected chi connectivity index (χ4v) is 5.54. The SMILES string of the molecule is CC/C=C\C/C=C\C/C=C\C/C=C\CCCCCCC(=O)OC(COCCCCC/C=C\C/C=C\C/C=C\C/C=C\CC)COP(=O)(O)OCC(O)CO. The average Bonchev–Trinajstić information content (AvgIpc) is 3.16. The Bertz CT molecular complexity index is 1150. The van der Waals surface area contributed by atoms with Gasteiger partial charge in [-0.3, -0.25) is 13.8 Å². The third-order valence-electron chi connectivity index (χ3n) is 7.77. The van der Waals surface area contributed by atoms with Gasteiger partial charge in [-0.1, -0.05) is 130 Å². The predicted octanol–water partition coefficient (Wildman–Crippen LogP) is 10.9. The van der Waals surface area contributed by atoms with Crippen LogP contribution in [0.1, 0.15) is 129 Å². The van der Waals surface area contributed by atoms with Gasteiger partial charge in [0.25, 0.3) is 0 Å². The minimum absolute atomic E-state index is 0.0107. The van der Waals surface area contributed by atoms with Gasteiger partial charge in [0.1, 0.15) is 12.2 Å². The number of phosphoric ester groups is 1. The van der Waals surface area contributed by atoms with Gasteiger partial charge in [0.2, 0.25) is 0 Å². The first-order valence-electron chi connectivity index (χ1n) is 20.2. The number of carbonyl (C=O) groups excluding carboxylic acids is 1. The van der Waals surface area contributed by atoms with Crippen LogP contribution in [0, 0.1) is 0 Å². The highest BCUT2D eigenvalue weighted by molar-refractivity contribution is 7.47. The van der Waals surface area contributed by atoms with Gasteiger partial charge >= 0.3 is 13.8 Å². The highest BCUT2D eigenvalue weighted by Gasteiger charge is 2.26. The van der Waals surface area contributed by atoms with Crippen LogP contribution in [0.25, 0.3) is 0 Å². The largest absolute Gasteiger partial charge is 0.472 e. The van der Waals surface area contributed by atoms with Crippen molar-refractivity contribution in [2.24, 2.45) is 0 Å². The maximum atomic E-state index is 12.6. The van der Waals surface area contributed by atoms with Gasteiger partial charge < -0.3 is 24.6 Å². The van der Waals surface area contributed by atoms with Crippen LogP contribution in [0.5, 0.6) is 0 Å². The molecule has 3 N–H and O–H groups in total. The van der Waals surface area contributed by atoms with E-state index >= 15 is 0 Å². The van der Waals surface area contributed by atoms with Crippen molar-refractivity contribution in [2.75, 3.05) is 33.0 Å². The molecule has 54 heavy (non-hydrogen) atoms. The number of ether oxygens (including phenoxy) is 2. The van der Waals surface area contributed by atoms with Gasteiger partial charge in [-0.2, -0.15) is 0 Å². The standard InChI is InChI=1S/C44H73O9P/c1-3-5-7-9-11-13-15-17-19-21-22-24-26-28-30-32-34-36-44(47)53-43(41-52-54(48,49)51-39-42(46)38-45)40-50-37-35-33-31-29-27-25-23-20-18-16-14-12-10-8-6-4-2/h5-8,11-14,17-20,22,24-25,27,42-43,45-46H,3-4,9-10,15-16,21,23,26,28-41H2,1-2H3,(H,48,49)/b7-5-,8-6-,13-11-,14-12-,19-17-,20-18-,24-22-,27-25-. The van der Waals surface area contributed by atoms with Crippen LogP contribution in [-0.4, -0.2) is 66.3 Å². The number of aliphatic hydroxyl groups excluding tert-OH is 2. The highest BCUT2D eigenvalue weighted by atomic mass is 31.2. The van der Waals surface area contributed by atoms with E-state index in [1.165, 1.54) is 0 Å². The molecule has 9 nitrogen and oxygen atoms in total. The van der Waals surface area contributed by atoms with Crippen molar-refractivity contribution in [3.8, 4) is 0 Å². The summed E-state index contributed by atoms with van der Waals surface area (Å²) in [5.41, 5.74) is 0. The predicted molar refractivity (Wildman–Crippen MR) is 223 cm³/mol. The van der Waals surface area contributed by atoms with Crippen molar-refractivity contribution in [2.45, 2.75) is 142 Å². The minimum Gasteiger partial charge on any atom is -0.457 e. The van der Waals surface area contributed by atoms with E-state index in [-0.39, 0.29) is 13.0 Å². The van der Waals surface area contributed by atoms with Gasteiger partial charge in [-0.25, -0.2) is 4.57 Å². The zero-order valence-corrected chi connectivity index (χ0v) is 34.3. The Kier molecular flexibility index (Phi) is 38.1. The lowest BCUT2D eigenvalue weighted by molar-refractivity contribution is -0.154. The summed E-state index contributed by atoms with van der Waals surface area (Å²) in [7, 11) is -4.54. The summed E-state index contributed by atoms with van der Waals surface area (Å²) in [5.74, 6) is -0.423. The molecule has 0 aromatic heterocycles. The fraction of sp³-hybridized carbons (Fsp3) is 0.614. The van der Waals surface area contributed by atoms with E-state index in [1.807, 2.05) is 0 Å². The van der Waals surface area contributed by atoms with E-state index in [1.54, 1.807) is 0 Å². The van der Waals surface area contributed by atoms with Gasteiger partial charge in [0, 0.05) is 13.0 Å². The molecule has 0 aromatic rings. The van der Waals surface area contributed by atoms with Crippen molar-refractivity contribution in [3.63, 3.8) is 0 Å². The summed E-state index contributed by atoms with van der Waals surface area (Å²) >= 11 is 0. The molecular weight excluding hydrogens is 703 g/mol. The number of hydrogen-bond acceptors (Lipinski definition) is 8.